The van der Waals surface area contributed by atoms with Crippen LogP contribution in [0.25, 0.3) is 0 Å². The van der Waals surface area contributed by atoms with Gasteiger partial charge in [0.25, 0.3) is 0 Å². The lowest BCUT2D eigenvalue weighted by molar-refractivity contribution is 0.0928. The summed E-state index contributed by atoms with van der Waals surface area (Å²) < 4.78 is 0. The lowest BCUT2D eigenvalue weighted by Crippen LogP contribution is -2.51. The Morgan fingerprint density at radius 2 is 2.00 bits per heavy atom. The molecule has 0 spiro atoms. The first-order chi connectivity index (χ1) is 5.54. The van der Waals surface area contributed by atoms with Gasteiger partial charge in [0, 0.05) is 18.1 Å². The van der Waals surface area contributed by atoms with E-state index in [0.717, 1.165) is 0 Å². The van der Waals surface area contributed by atoms with Gasteiger partial charge in [-0.3, -0.25) is 4.90 Å². The summed E-state index contributed by atoms with van der Waals surface area (Å²) in [5, 5.41) is 3.36. The maximum Gasteiger partial charge on any atom is 0.0192 e. The Hall–Kier alpha value is -0.0800. The summed E-state index contributed by atoms with van der Waals surface area (Å²) in [6.07, 6.45) is 2.67. The molecule has 0 aliphatic carbocycles. The van der Waals surface area contributed by atoms with Crippen molar-refractivity contribution in [3.05, 3.63) is 0 Å². The summed E-state index contributed by atoms with van der Waals surface area (Å²) in [6.45, 7) is 9.36. The zero-order chi connectivity index (χ0) is 9.19. The second kappa shape index (κ2) is 3.75. The van der Waals surface area contributed by atoms with Crippen LogP contribution in [0.3, 0.4) is 0 Å². The molecular formula is C10H22N2. The quantitative estimate of drug-likeness (QED) is 0.641. The van der Waals surface area contributed by atoms with E-state index >= 15 is 0 Å². The van der Waals surface area contributed by atoms with Crippen LogP contribution >= 0.6 is 0 Å². The van der Waals surface area contributed by atoms with Crippen LogP contribution in [0.2, 0.25) is 0 Å². The number of likely N-dealkylation sites (tertiary alicyclic amines) is 1. The highest BCUT2D eigenvalue weighted by atomic mass is 15.2. The number of piperidine rings is 1. The van der Waals surface area contributed by atoms with Gasteiger partial charge in [0.2, 0.25) is 0 Å². The molecule has 1 atom stereocenters. The molecule has 0 amide bonds. The Kier molecular flexibility index (Phi) is 3.13. The van der Waals surface area contributed by atoms with E-state index in [0.29, 0.717) is 11.6 Å². The van der Waals surface area contributed by atoms with E-state index in [2.05, 4.69) is 38.0 Å². The maximum absolute atomic E-state index is 3.36. The molecule has 2 nitrogen and oxygen atoms in total. The molecule has 72 valence electrons. The van der Waals surface area contributed by atoms with Gasteiger partial charge in [-0.05, 0) is 47.2 Å². The average molecular weight is 170 g/mol. The van der Waals surface area contributed by atoms with E-state index in [9.17, 15) is 0 Å². The molecule has 12 heavy (non-hydrogen) atoms. The zero-order valence-corrected chi connectivity index (χ0v) is 8.85. The molecule has 1 unspecified atom stereocenters. The van der Waals surface area contributed by atoms with Gasteiger partial charge in [0.15, 0.2) is 0 Å². The number of nitrogens with zero attached hydrogens (tertiary/aromatic N) is 1. The highest BCUT2D eigenvalue weighted by Crippen LogP contribution is 2.19. The van der Waals surface area contributed by atoms with Crippen molar-refractivity contribution in [3.8, 4) is 0 Å². The van der Waals surface area contributed by atoms with E-state index in [1.54, 1.807) is 0 Å². The van der Waals surface area contributed by atoms with Crippen molar-refractivity contribution in [2.45, 2.75) is 45.2 Å². The molecule has 0 bridgehead atoms. The van der Waals surface area contributed by atoms with Gasteiger partial charge in [-0.25, -0.2) is 0 Å². The summed E-state index contributed by atoms with van der Waals surface area (Å²) >= 11 is 0. The summed E-state index contributed by atoms with van der Waals surface area (Å²) in [5.74, 6) is 0. The fraction of sp³-hybridized carbons (Fsp3) is 1.00. The number of hydrogen-bond acceptors (Lipinski definition) is 2. The molecule has 0 saturated carbocycles. The van der Waals surface area contributed by atoms with Crippen molar-refractivity contribution >= 4 is 0 Å². The number of likely N-dealkylation sites (N-methyl/N-ethyl adjacent to an activating group) is 1. The highest BCUT2D eigenvalue weighted by Gasteiger charge is 2.26. The molecular weight excluding hydrogens is 148 g/mol. The maximum atomic E-state index is 3.36. The van der Waals surface area contributed by atoms with Crippen molar-refractivity contribution < 1.29 is 0 Å². The van der Waals surface area contributed by atoms with E-state index in [1.807, 2.05) is 0 Å². The summed E-state index contributed by atoms with van der Waals surface area (Å²) in [6, 6.07) is 0.706. The second-order valence-electron chi connectivity index (χ2n) is 4.74. The SMILES string of the molecule is CNC1CCCN(C(C)(C)C)C1. The average Bonchev–Trinajstić information content (AvgIpc) is 2.03. The molecule has 1 rings (SSSR count). The molecule has 1 heterocycles. The molecule has 0 aromatic heterocycles. The fourth-order valence-electron chi connectivity index (χ4n) is 1.82. The van der Waals surface area contributed by atoms with E-state index < -0.39 is 0 Å². The highest BCUT2D eigenvalue weighted by molar-refractivity contribution is 4.84. The van der Waals surface area contributed by atoms with Gasteiger partial charge >= 0.3 is 0 Å². The smallest absolute Gasteiger partial charge is 0.0192 e. The summed E-state index contributed by atoms with van der Waals surface area (Å²) in [5.41, 5.74) is 0.343. The van der Waals surface area contributed by atoms with Crippen LogP contribution < -0.4 is 5.32 Å². The van der Waals surface area contributed by atoms with Gasteiger partial charge in [-0.1, -0.05) is 0 Å². The predicted octanol–water partition coefficient (Wildman–Crippen LogP) is 1.47. The first-order valence-electron chi connectivity index (χ1n) is 4.96. The van der Waals surface area contributed by atoms with Crippen LogP contribution in [0.4, 0.5) is 0 Å². The summed E-state index contributed by atoms with van der Waals surface area (Å²) in [4.78, 5) is 2.57. The summed E-state index contributed by atoms with van der Waals surface area (Å²) in [7, 11) is 2.07. The Morgan fingerprint density at radius 3 is 2.50 bits per heavy atom. The Morgan fingerprint density at radius 1 is 1.33 bits per heavy atom. The van der Waals surface area contributed by atoms with Crippen LogP contribution in [-0.2, 0) is 0 Å². The van der Waals surface area contributed by atoms with Gasteiger partial charge in [0.1, 0.15) is 0 Å². The van der Waals surface area contributed by atoms with Crippen LogP contribution in [0.15, 0.2) is 0 Å². The monoisotopic (exact) mass is 170 g/mol. The second-order valence-corrected chi connectivity index (χ2v) is 4.74. The molecule has 0 aromatic rings. The van der Waals surface area contributed by atoms with Crippen molar-refractivity contribution in [1.29, 1.82) is 0 Å². The standard InChI is InChI=1S/C10H22N2/c1-10(2,3)12-7-5-6-9(8-12)11-4/h9,11H,5-8H2,1-4H3. The molecule has 0 radical (unpaired) electrons. The molecule has 1 aliphatic heterocycles. The van der Waals surface area contributed by atoms with E-state index in [1.165, 1.54) is 25.9 Å². The topological polar surface area (TPSA) is 15.3 Å². The van der Waals surface area contributed by atoms with Crippen LogP contribution in [0.5, 0.6) is 0 Å². The first-order valence-corrected chi connectivity index (χ1v) is 4.96. The largest absolute Gasteiger partial charge is 0.316 e. The van der Waals surface area contributed by atoms with Gasteiger partial charge in [-0.15, -0.1) is 0 Å². The van der Waals surface area contributed by atoms with E-state index in [-0.39, 0.29) is 0 Å². The minimum atomic E-state index is 0.343. The predicted molar refractivity (Wildman–Crippen MR) is 53.4 cm³/mol. The third kappa shape index (κ3) is 2.46. The Bertz CT molecular complexity index is 137. The zero-order valence-electron chi connectivity index (χ0n) is 8.85. The molecule has 1 N–H and O–H groups in total. The number of hydrogen-bond donors (Lipinski definition) is 1. The number of nitrogens with one attached hydrogen (secondary N) is 1. The Labute approximate surface area is 76.3 Å². The molecule has 1 fully saturated rings. The normalized spacial score (nSPS) is 27.5. The lowest BCUT2D eigenvalue weighted by atomic mass is 9.98. The van der Waals surface area contributed by atoms with Crippen LogP contribution in [0, 0.1) is 0 Å². The van der Waals surface area contributed by atoms with Gasteiger partial charge < -0.3 is 5.32 Å². The van der Waals surface area contributed by atoms with E-state index in [4.69, 9.17) is 0 Å². The van der Waals surface area contributed by atoms with Crippen molar-refractivity contribution in [1.82, 2.24) is 10.2 Å². The van der Waals surface area contributed by atoms with Gasteiger partial charge in [0.05, 0.1) is 0 Å². The fourth-order valence-corrected chi connectivity index (χ4v) is 1.82. The third-order valence-corrected chi connectivity index (χ3v) is 2.78. The van der Waals surface area contributed by atoms with Crippen LogP contribution in [-0.4, -0.2) is 36.6 Å². The third-order valence-electron chi connectivity index (χ3n) is 2.78. The number of rotatable bonds is 1. The van der Waals surface area contributed by atoms with Crippen LogP contribution in [0.1, 0.15) is 33.6 Å². The van der Waals surface area contributed by atoms with Crippen molar-refractivity contribution in [2.24, 2.45) is 0 Å². The minimum absolute atomic E-state index is 0.343. The minimum Gasteiger partial charge on any atom is -0.316 e. The molecule has 1 aliphatic rings. The van der Waals surface area contributed by atoms with Gasteiger partial charge in [-0.2, -0.15) is 0 Å². The lowest BCUT2D eigenvalue weighted by Gasteiger charge is -2.41. The molecule has 1 saturated heterocycles. The van der Waals surface area contributed by atoms with Crippen molar-refractivity contribution in [2.75, 3.05) is 20.1 Å². The van der Waals surface area contributed by atoms with Crippen molar-refractivity contribution in [3.63, 3.8) is 0 Å². The first kappa shape index (κ1) is 10.0. The Balaban J connectivity index is 2.46. The molecule has 2 heteroatoms. The molecule has 0 aromatic carbocycles.